The second kappa shape index (κ2) is 7.90. The van der Waals surface area contributed by atoms with Gasteiger partial charge in [-0.15, -0.1) is 0 Å². The minimum atomic E-state index is -0.737. The highest BCUT2D eigenvalue weighted by atomic mass is 35.5. The van der Waals surface area contributed by atoms with Gasteiger partial charge in [-0.05, 0) is 12.1 Å². The van der Waals surface area contributed by atoms with Gasteiger partial charge in [-0.2, -0.15) is 0 Å². The molecule has 0 radical (unpaired) electrons. The number of hydrogen-bond donors (Lipinski definition) is 2. The summed E-state index contributed by atoms with van der Waals surface area (Å²) in [5, 5.41) is 4.26. The summed E-state index contributed by atoms with van der Waals surface area (Å²) in [5.74, 6) is -0.456. The van der Waals surface area contributed by atoms with Gasteiger partial charge in [0.2, 0.25) is 0 Å². The van der Waals surface area contributed by atoms with Gasteiger partial charge in [0.1, 0.15) is 6.04 Å². The van der Waals surface area contributed by atoms with Gasteiger partial charge in [0.15, 0.2) is 5.65 Å². The van der Waals surface area contributed by atoms with E-state index in [0.717, 1.165) is 16.9 Å². The van der Waals surface area contributed by atoms with E-state index in [1.54, 1.807) is 18.6 Å². The number of carbonyl (C=O) groups excluding carboxylic acids is 1. The number of aromatic nitrogens is 3. The molecule has 0 saturated heterocycles. The molecule has 0 spiro atoms. The van der Waals surface area contributed by atoms with E-state index >= 15 is 0 Å². The first-order valence-corrected chi connectivity index (χ1v) is 8.57. The van der Waals surface area contributed by atoms with Gasteiger partial charge >= 0.3 is 5.97 Å². The van der Waals surface area contributed by atoms with Gasteiger partial charge in [-0.25, -0.2) is 4.98 Å². The molecule has 3 aromatic rings. The molecule has 0 aliphatic carbocycles. The first-order chi connectivity index (χ1) is 12.5. The number of nitrogens with two attached hydrogens (primary N) is 1. The standard InChI is InChI=1S/C17H17Cl2N5O2/c1-26-17(25)14(20)6-10-2-3-15(16-22-4-5-24(10)16)23-7-11-12(18)8-21-9-13(11)19/h2-5,8-9,14,23H,6-7,20H2,1H3/t14-/m0/s1. The van der Waals surface area contributed by atoms with Crippen molar-refractivity contribution in [2.24, 2.45) is 5.73 Å². The van der Waals surface area contributed by atoms with Crippen molar-refractivity contribution in [2.75, 3.05) is 12.4 Å². The number of nitrogens with zero attached hydrogens (tertiary/aromatic N) is 3. The monoisotopic (exact) mass is 393 g/mol. The maximum atomic E-state index is 11.6. The summed E-state index contributed by atoms with van der Waals surface area (Å²) < 4.78 is 6.56. The Bertz CT molecular complexity index is 924. The Kier molecular flexibility index (Phi) is 5.61. The van der Waals surface area contributed by atoms with Crippen LogP contribution in [0.1, 0.15) is 11.3 Å². The minimum absolute atomic E-state index is 0.335. The number of fused-ring (bicyclic) bond motifs is 1. The van der Waals surface area contributed by atoms with Crippen LogP contribution in [0.25, 0.3) is 5.65 Å². The lowest BCUT2D eigenvalue weighted by Crippen LogP contribution is -2.34. The molecule has 0 aliphatic rings. The van der Waals surface area contributed by atoms with E-state index in [-0.39, 0.29) is 0 Å². The van der Waals surface area contributed by atoms with Gasteiger partial charge in [0, 0.05) is 49.0 Å². The number of rotatable bonds is 6. The van der Waals surface area contributed by atoms with Crippen LogP contribution in [0.5, 0.6) is 0 Å². The lowest BCUT2D eigenvalue weighted by Gasteiger charge is -2.14. The number of methoxy groups -OCH3 is 1. The lowest BCUT2D eigenvalue weighted by molar-refractivity contribution is -0.142. The van der Waals surface area contributed by atoms with E-state index in [1.165, 1.54) is 7.11 Å². The fraction of sp³-hybridized carbons (Fsp3) is 0.235. The molecule has 3 rings (SSSR count). The van der Waals surface area contributed by atoms with Crippen molar-refractivity contribution in [2.45, 2.75) is 19.0 Å². The smallest absolute Gasteiger partial charge is 0.323 e. The first kappa shape index (κ1) is 18.4. The molecule has 0 fully saturated rings. The Labute approximate surface area is 160 Å². The van der Waals surface area contributed by atoms with E-state index in [9.17, 15) is 4.79 Å². The van der Waals surface area contributed by atoms with E-state index < -0.39 is 12.0 Å². The summed E-state index contributed by atoms with van der Waals surface area (Å²) in [6.07, 6.45) is 6.92. The number of pyridine rings is 2. The molecule has 1 atom stereocenters. The summed E-state index contributed by atoms with van der Waals surface area (Å²) in [5.41, 5.74) is 8.98. The van der Waals surface area contributed by atoms with Crippen LogP contribution in [0.4, 0.5) is 5.69 Å². The molecule has 7 nitrogen and oxygen atoms in total. The van der Waals surface area contributed by atoms with E-state index in [0.29, 0.717) is 28.7 Å². The number of carbonyl (C=O) groups is 1. The van der Waals surface area contributed by atoms with Crippen LogP contribution in [-0.4, -0.2) is 33.5 Å². The van der Waals surface area contributed by atoms with Crippen LogP contribution in [0.3, 0.4) is 0 Å². The summed E-state index contributed by atoms with van der Waals surface area (Å²) in [6.45, 7) is 0.420. The summed E-state index contributed by atoms with van der Waals surface area (Å²) in [7, 11) is 1.32. The SMILES string of the molecule is COC(=O)[C@@H](N)Cc1ccc(NCc2c(Cl)cncc2Cl)c2nccn12. The van der Waals surface area contributed by atoms with Gasteiger partial charge in [-0.1, -0.05) is 23.2 Å². The molecule has 3 N–H and O–H groups in total. The molecule has 0 saturated carbocycles. The van der Waals surface area contributed by atoms with Crippen LogP contribution in [0, 0.1) is 0 Å². The molecular weight excluding hydrogens is 377 g/mol. The Morgan fingerprint density at radius 1 is 1.35 bits per heavy atom. The van der Waals surface area contributed by atoms with Crippen molar-refractivity contribution in [3.8, 4) is 0 Å². The van der Waals surface area contributed by atoms with Gasteiger partial charge in [0.25, 0.3) is 0 Å². The summed E-state index contributed by atoms with van der Waals surface area (Å²) in [6, 6.07) is 3.03. The van der Waals surface area contributed by atoms with E-state index in [1.807, 2.05) is 22.7 Å². The number of ether oxygens (including phenoxy) is 1. The molecule has 0 aromatic carbocycles. The number of halogens is 2. The predicted octanol–water partition coefficient (Wildman–Crippen LogP) is 2.69. The minimum Gasteiger partial charge on any atom is -0.468 e. The van der Waals surface area contributed by atoms with Crippen LogP contribution >= 0.6 is 23.2 Å². The largest absolute Gasteiger partial charge is 0.468 e. The molecule has 136 valence electrons. The molecule has 0 aliphatic heterocycles. The number of esters is 1. The van der Waals surface area contributed by atoms with E-state index in [4.69, 9.17) is 28.9 Å². The third-order valence-corrected chi connectivity index (χ3v) is 4.63. The quantitative estimate of drug-likeness (QED) is 0.625. The Hall–Kier alpha value is -2.35. The van der Waals surface area contributed by atoms with Crippen LogP contribution < -0.4 is 11.1 Å². The molecular formula is C17H17Cl2N5O2. The third-order valence-electron chi connectivity index (χ3n) is 3.97. The van der Waals surface area contributed by atoms with E-state index in [2.05, 4.69) is 20.0 Å². The second-order valence-electron chi connectivity index (χ2n) is 5.63. The number of imidazole rings is 1. The number of hydrogen-bond acceptors (Lipinski definition) is 6. The molecule has 26 heavy (non-hydrogen) atoms. The predicted molar refractivity (Wildman–Crippen MR) is 100 cm³/mol. The molecule has 0 amide bonds. The van der Waals surface area contributed by atoms with Gasteiger partial charge in [-0.3, -0.25) is 9.78 Å². The number of nitrogens with one attached hydrogen (secondary N) is 1. The number of anilines is 1. The zero-order chi connectivity index (χ0) is 18.7. The van der Waals surface area contributed by atoms with Gasteiger partial charge < -0.3 is 20.2 Å². The third kappa shape index (κ3) is 3.75. The van der Waals surface area contributed by atoms with Crippen molar-refractivity contribution in [1.82, 2.24) is 14.4 Å². The Morgan fingerprint density at radius 2 is 2.08 bits per heavy atom. The van der Waals surface area contributed by atoms with Gasteiger partial charge in [0.05, 0.1) is 22.8 Å². The summed E-state index contributed by atoms with van der Waals surface area (Å²) in [4.78, 5) is 19.9. The highest BCUT2D eigenvalue weighted by Gasteiger charge is 2.17. The van der Waals surface area contributed by atoms with Crippen molar-refractivity contribution < 1.29 is 9.53 Å². The van der Waals surface area contributed by atoms with Crippen molar-refractivity contribution >= 4 is 40.5 Å². The fourth-order valence-electron chi connectivity index (χ4n) is 2.62. The average Bonchev–Trinajstić information content (AvgIpc) is 3.12. The summed E-state index contributed by atoms with van der Waals surface area (Å²) >= 11 is 12.3. The molecule has 3 heterocycles. The zero-order valence-electron chi connectivity index (χ0n) is 13.9. The molecule has 3 aromatic heterocycles. The van der Waals surface area contributed by atoms with Crippen molar-refractivity contribution in [1.29, 1.82) is 0 Å². The fourth-order valence-corrected chi connectivity index (χ4v) is 3.12. The Balaban J connectivity index is 1.84. The highest BCUT2D eigenvalue weighted by molar-refractivity contribution is 6.35. The molecule has 9 heteroatoms. The normalized spacial score (nSPS) is 12.2. The second-order valence-corrected chi connectivity index (χ2v) is 6.44. The first-order valence-electron chi connectivity index (χ1n) is 7.81. The highest BCUT2D eigenvalue weighted by Crippen LogP contribution is 2.25. The van der Waals surface area contributed by atoms with Crippen LogP contribution in [0.15, 0.2) is 36.9 Å². The average molecular weight is 394 g/mol. The maximum absolute atomic E-state index is 11.6. The van der Waals surface area contributed by atoms with Crippen molar-refractivity contribution in [3.05, 3.63) is 58.2 Å². The molecule has 0 unspecified atom stereocenters. The molecule has 0 bridgehead atoms. The van der Waals surface area contributed by atoms with Crippen LogP contribution in [0.2, 0.25) is 10.0 Å². The maximum Gasteiger partial charge on any atom is 0.323 e. The zero-order valence-corrected chi connectivity index (χ0v) is 15.5. The van der Waals surface area contributed by atoms with Crippen molar-refractivity contribution in [3.63, 3.8) is 0 Å². The van der Waals surface area contributed by atoms with Crippen LogP contribution in [-0.2, 0) is 22.5 Å². The lowest BCUT2D eigenvalue weighted by atomic mass is 10.1. The Morgan fingerprint density at radius 3 is 2.77 bits per heavy atom. The topological polar surface area (TPSA) is 94.5 Å².